The lowest BCUT2D eigenvalue weighted by Gasteiger charge is -2.32. The Morgan fingerprint density at radius 3 is 2.45 bits per heavy atom. The molecule has 1 saturated carbocycles. The predicted octanol–water partition coefficient (Wildman–Crippen LogP) is 3.40. The van der Waals surface area contributed by atoms with E-state index < -0.39 is 5.60 Å². The molecule has 0 atom stereocenters. The van der Waals surface area contributed by atoms with Crippen LogP contribution in [0.15, 0.2) is 36.5 Å². The average molecular weight is 396 g/mol. The number of aromatic nitrogens is 2. The molecule has 1 fully saturated rings. The third-order valence-electron chi connectivity index (χ3n) is 5.73. The first-order chi connectivity index (χ1) is 13.7. The van der Waals surface area contributed by atoms with Crippen LogP contribution in [0.1, 0.15) is 55.2 Å². The Labute approximate surface area is 171 Å². The lowest BCUT2D eigenvalue weighted by atomic mass is 10.0. The molecule has 1 aliphatic carbocycles. The Kier molecular flexibility index (Phi) is 4.63. The van der Waals surface area contributed by atoms with E-state index in [2.05, 4.69) is 17.2 Å². The van der Waals surface area contributed by atoms with Gasteiger partial charge in [0.05, 0.1) is 36.1 Å². The van der Waals surface area contributed by atoms with Gasteiger partial charge in [-0.05, 0) is 39.2 Å². The van der Waals surface area contributed by atoms with E-state index >= 15 is 0 Å². The number of nitrogens with zero attached hydrogens (tertiary/aromatic N) is 4. The number of rotatable bonds is 3. The summed E-state index contributed by atoms with van der Waals surface area (Å²) in [6.45, 7) is 6.93. The molecule has 2 heterocycles. The van der Waals surface area contributed by atoms with Gasteiger partial charge in [0.15, 0.2) is 0 Å². The maximum atomic E-state index is 13.4. The Morgan fingerprint density at radius 1 is 1.14 bits per heavy atom. The average Bonchev–Trinajstić information content (AvgIpc) is 3.39. The van der Waals surface area contributed by atoms with Crippen molar-refractivity contribution in [3.05, 3.63) is 53.3 Å². The van der Waals surface area contributed by atoms with Crippen molar-refractivity contribution >= 4 is 12.0 Å². The summed E-state index contributed by atoms with van der Waals surface area (Å²) < 4.78 is 7.32. The number of hydrogen-bond donors (Lipinski definition) is 0. The molecule has 2 aliphatic rings. The SMILES string of the molecule is CN(C(=O)c1cnn2c1CN(C(=O)OC(C)(C)C)CC2)C1(c2ccccc2)CC1. The van der Waals surface area contributed by atoms with Crippen molar-refractivity contribution in [1.82, 2.24) is 19.6 Å². The molecule has 154 valence electrons. The fourth-order valence-corrected chi connectivity index (χ4v) is 3.97. The van der Waals surface area contributed by atoms with Gasteiger partial charge in [-0.2, -0.15) is 5.10 Å². The zero-order valence-corrected chi connectivity index (χ0v) is 17.5. The molecule has 0 bridgehead atoms. The number of hydrogen-bond acceptors (Lipinski definition) is 4. The van der Waals surface area contributed by atoms with Gasteiger partial charge in [0.25, 0.3) is 5.91 Å². The second kappa shape index (κ2) is 6.90. The van der Waals surface area contributed by atoms with Crippen LogP contribution >= 0.6 is 0 Å². The van der Waals surface area contributed by atoms with Crippen molar-refractivity contribution in [1.29, 1.82) is 0 Å². The van der Waals surface area contributed by atoms with Crippen molar-refractivity contribution in [3.63, 3.8) is 0 Å². The molecule has 1 aromatic carbocycles. The number of benzene rings is 1. The summed E-state index contributed by atoms with van der Waals surface area (Å²) in [5.41, 5.74) is 1.69. The number of carbonyl (C=O) groups excluding carboxylic acids is 2. The lowest BCUT2D eigenvalue weighted by molar-refractivity contribution is 0.0192. The Balaban J connectivity index is 1.55. The van der Waals surface area contributed by atoms with Crippen molar-refractivity contribution < 1.29 is 14.3 Å². The van der Waals surface area contributed by atoms with Gasteiger partial charge >= 0.3 is 6.09 Å². The van der Waals surface area contributed by atoms with Gasteiger partial charge in [-0.25, -0.2) is 4.79 Å². The van der Waals surface area contributed by atoms with Gasteiger partial charge in [-0.1, -0.05) is 30.3 Å². The Morgan fingerprint density at radius 2 is 1.83 bits per heavy atom. The summed E-state index contributed by atoms with van der Waals surface area (Å²) in [5.74, 6) is -0.0568. The third kappa shape index (κ3) is 3.61. The van der Waals surface area contributed by atoms with E-state index in [1.165, 1.54) is 0 Å². The van der Waals surface area contributed by atoms with Crippen LogP contribution in [0, 0.1) is 0 Å². The van der Waals surface area contributed by atoms with E-state index in [4.69, 9.17) is 4.74 Å². The molecule has 2 amide bonds. The summed E-state index contributed by atoms with van der Waals surface area (Å²) in [6.07, 6.45) is 3.17. The quantitative estimate of drug-likeness (QED) is 0.798. The molecular weight excluding hydrogens is 368 g/mol. The minimum Gasteiger partial charge on any atom is -0.444 e. The van der Waals surface area contributed by atoms with Crippen molar-refractivity contribution in [2.45, 2.75) is 57.8 Å². The van der Waals surface area contributed by atoms with Gasteiger partial charge in [0.2, 0.25) is 0 Å². The molecular formula is C22H28N4O3. The van der Waals surface area contributed by atoms with E-state index in [-0.39, 0.29) is 17.5 Å². The molecule has 0 unspecified atom stereocenters. The highest BCUT2D eigenvalue weighted by molar-refractivity contribution is 5.96. The minimum atomic E-state index is -0.554. The van der Waals surface area contributed by atoms with Crippen LogP contribution in [-0.4, -0.2) is 50.8 Å². The molecule has 0 radical (unpaired) electrons. The molecule has 29 heavy (non-hydrogen) atoms. The van der Waals surface area contributed by atoms with Gasteiger partial charge in [0, 0.05) is 13.6 Å². The molecule has 7 nitrogen and oxygen atoms in total. The molecule has 7 heteroatoms. The van der Waals surface area contributed by atoms with Crippen LogP contribution in [0.2, 0.25) is 0 Å². The second-order valence-electron chi connectivity index (χ2n) is 8.89. The summed E-state index contributed by atoms with van der Waals surface area (Å²) in [5, 5.41) is 4.39. The van der Waals surface area contributed by atoms with Crippen LogP contribution in [-0.2, 0) is 23.4 Å². The van der Waals surface area contributed by atoms with Gasteiger partial charge in [0.1, 0.15) is 5.60 Å². The highest BCUT2D eigenvalue weighted by Crippen LogP contribution is 2.50. The predicted molar refractivity (Wildman–Crippen MR) is 108 cm³/mol. The van der Waals surface area contributed by atoms with Crippen molar-refractivity contribution in [3.8, 4) is 0 Å². The normalized spacial score (nSPS) is 17.4. The number of amides is 2. The van der Waals surface area contributed by atoms with E-state index in [0.29, 0.717) is 25.2 Å². The van der Waals surface area contributed by atoms with E-state index in [1.54, 1.807) is 11.1 Å². The van der Waals surface area contributed by atoms with Crippen LogP contribution in [0.5, 0.6) is 0 Å². The maximum absolute atomic E-state index is 13.4. The number of carbonyl (C=O) groups is 2. The first kappa shape index (κ1) is 19.5. The molecule has 1 aromatic heterocycles. The Bertz CT molecular complexity index is 925. The largest absolute Gasteiger partial charge is 0.444 e. The zero-order chi connectivity index (χ0) is 20.8. The molecule has 2 aromatic rings. The number of ether oxygens (including phenoxy) is 1. The Hall–Kier alpha value is -2.83. The first-order valence-corrected chi connectivity index (χ1v) is 10.1. The molecule has 1 aliphatic heterocycles. The standard InChI is InChI=1S/C22H28N4O3/c1-21(2,3)29-20(28)25-12-13-26-18(15-25)17(14-23-26)19(27)24(4)22(10-11-22)16-8-6-5-7-9-16/h5-9,14H,10-13,15H2,1-4H3. The maximum Gasteiger partial charge on any atom is 0.410 e. The van der Waals surface area contributed by atoms with Gasteiger partial charge < -0.3 is 14.5 Å². The molecule has 0 N–H and O–H groups in total. The van der Waals surface area contributed by atoms with E-state index in [0.717, 1.165) is 24.1 Å². The van der Waals surface area contributed by atoms with Crippen LogP contribution in [0.25, 0.3) is 0 Å². The van der Waals surface area contributed by atoms with Crippen molar-refractivity contribution in [2.24, 2.45) is 0 Å². The third-order valence-corrected chi connectivity index (χ3v) is 5.73. The van der Waals surface area contributed by atoms with Gasteiger partial charge in [-0.3, -0.25) is 9.48 Å². The minimum absolute atomic E-state index is 0.0568. The fourth-order valence-electron chi connectivity index (χ4n) is 3.97. The molecule has 0 spiro atoms. The van der Waals surface area contributed by atoms with Crippen molar-refractivity contribution in [2.75, 3.05) is 13.6 Å². The number of fused-ring (bicyclic) bond motifs is 1. The smallest absolute Gasteiger partial charge is 0.410 e. The summed E-state index contributed by atoms with van der Waals surface area (Å²) >= 11 is 0. The van der Waals surface area contributed by atoms with Crippen LogP contribution in [0.3, 0.4) is 0 Å². The van der Waals surface area contributed by atoms with E-state index in [9.17, 15) is 9.59 Å². The highest BCUT2D eigenvalue weighted by atomic mass is 16.6. The lowest BCUT2D eigenvalue weighted by Crippen LogP contribution is -2.43. The first-order valence-electron chi connectivity index (χ1n) is 10.1. The van der Waals surface area contributed by atoms with Crippen LogP contribution in [0.4, 0.5) is 4.79 Å². The highest BCUT2D eigenvalue weighted by Gasteiger charge is 2.50. The fraction of sp³-hybridized carbons (Fsp3) is 0.500. The van der Waals surface area contributed by atoms with Crippen LogP contribution < -0.4 is 0 Å². The summed E-state index contributed by atoms with van der Waals surface area (Å²) in [4.78, 5) is 29.4. The second-order valence-corrected chi connectivity index (χ2v) is 8.89. The van der Waals surface area contributed by atoms with E-state index in [1.807, 2.05) is 55.6 Å². The zero-order valence-electron chi connectivity index (χ0n) is 17.5. The summed E-state index contributed by atoms with van der Waals surface area (Å²) in [7, 11) is 1.86. The summed E-state index contributed by atoms with van der Waals surface area (Å²) in [6, 6.07) is 10.2. The monoisotopic (exact) mass is 396 g/mol. The molecule has 0 saturated heterocycles. The molecule has 4 rings (SSSR count). The van der Waals surface area contributed by atoms with Gasteiger partial charge in [-0.15, -0.1) is 0 Å². The topological polar surface area (TPSA) is 67.7 Å².